The van der Waals surface area contributed by atoms with Crippen LogP contribution < -0.4 is 18.9 Å². The van der Waals surface area contributed by atoms with Gasteiger partial charge in [0.25, 0.3) is 0 Å². The van der Waals surface area contributed by atoms with Gasteiger partial charge in [-0.3, -0.25) is 0 Å². The van der Waals surface area contributed by atoms with Gasteiger partial charge in [-0.25, -0.2) is 0 Å². The molecule has 0 saturated carbocycles. The van der Waals surface area contributed by atoms with Crippen LogP contribution in [0.25, 0.3) is 0 Å². The highest BCUT2D eigenvalue weighted by molar-refractivity contribution is 5.39. The second-order valence-corrected chi connectivity index (χ2v) is 10.2. The molecule has 2 aromatic rings. The summed E-state index contributed by atoms with van der Waals surface area (Å²) in [5, 5.41) is 0. The van der Waals surface area contributed by atoms with Crippen LogP contribution in [0.3, 0.4) is 0 Å². The first-order valence-electron chi connectivity index (χ1n) is 14.9. The second kappa shape index (κ2) is 21.1. The van der Waals surface area contributed by atoms with Gasteiger partial charge < -0.3 is 28.4 Å². The van der Waals surface area contributed by atoms with Crippen molar-refractivity contribution in [3.05, 3.63) is 59.7 Å². The van der Waals surface area contributed by atoms with E-state index in [0.29, 0.717) is 13.2 Å². The smallest absolute Gasteiger partial charge is 0.158 e. The zero-order valence-electron chi connectivity index (χ0n) is 25.5. The van der Waals surface area contributed by atoms with E-state index in [1.54, 1.807) is 28.4 Å². The van der Waals surface area contributed by atoms with Gasteiger partial charge >= 0.3 is 0 Å². The van der Waals surface area contributed by atoms with E-state index < -0.39 is 0 Å². The number of methoxy groups -OCH3 is 4. The zero-order chi connectivity index (χ0) is 28.8. The molecule has 0 amide bonds. The van der Waals surface area contributed by atoms with Crippen LogP contribution in [-0.4, -0.2) is 34.7 Å². The van der Waals surface area contributed by atoms with Crippen LogP contribution >= 0.6 is 0 Å². The van der Waals surface area contributed by atoms with Crippen molar-refractivity contribution in [2.45, 2.75) is 103 Å². The van der Waals surface area contributed by atoms with Crippen molar-refractivity contribution in [3.63, 3.8) is 0 Å². The van der Waals surface area contributed by atoms with E-state index in [9.17, 15) is 0 Å². The summed E-state index contributed by atoms with van der Waals surface area (Å²) in [7, 11) is 6.61. The van der Waals surface area contributed by atoms with E-state index in [-0.39, 0.29) is 6.29 Å². The summed E-state index contributed by atoms with van der Waals surface area (Å²) in [6.45, 7) is 3.06. The highest BCUT2D eigenvalue weighted by Crippen LogP contribution is 2.26. The Balaban J connectivity index is 1.82. The van der Waals surface area contributed by atoms with Crippen molar-refractivity contribution in [2.75, 3.05) is 28.4 Å². The van der Waals surface area contributed by atoms with Gasteiger partial charge in [0.2, 0.25) is 0 Å². The maximum Gasteiger partial charge on any atom is 0.158 e. The molecule has 0 saturated heterocycles. The fraction of sp³-hybridized carbons (Fsp3) is 0.588. The van der Waals surface area contributed by atoms with Gasteiger partial charge in [-0.15, -0.1) is 0 Å². The Morgan fingerprint density at radius 2 is 0.925 bits per heavy atom. The van der Waals surface area contributed by atoms with Crippen LogP contribution in [0.5, 0.6) is 23.0 Å². The van der Waals surface area contributed by atoms with Crippen molar-refractivity contribution in [1.82, 2.24) is 0 Å². The molecule has 0 aliphatic heterocycles. The Hall–Kier alpha value is -2.70. The number of unbranched alkanes of at least 4 members (excludes halogenated alkanes) is 9. The summed E-state index contributed by atoms with van der Waals surface area (Å²) in [5.74, 6) is 2.97. The number of allylic oxidation sites excluding steroid dienone is 2. The molecule has 40 heavy (non-hydrogen) atoms. The lowest BCUT2D eigenvalue weighted by atomic mass is 10.1. The quantitative estimate of drug-likeness (QED) is 0.0773. The fourth-order valence-corrected chi connectivity index (χ4v) is 4.51. The van der Waals surface area contributed by atoms with Gasteiger partial charge in [0.15, 0.2) is 6.29 Å². The summed E-state index contributed by atoms with van der Waals surface area (Å²) >= 11 is 0. The molecule has 224 valence electrons. The van der Waals surface area contributed by atoms with E-state index >= 15 is 0 Å². The van der Waals surface area contributed by atoms with Crippen molar-refractivity contribution in [3.8, 4) is 23.0 Å². The number of ether oxygens (including phenoxy) is 6. The molecule has 0 bridgehead atoms. The van der Waals surface area contributed by atoms with Gasteiger partial charge in [-0.1, -0.05) is 64.0 Å². The Kier molecular flexibility index (Phi) is 17.7. The first-order valence-corrected chi connectivity index (χ1v) is 14.9. The number of rotatable bonds is 23. The summed E-state index contributed by atoms with van der Waals surface area (Å²) in [4.78, 5) is 0. The molecule has 0 aliphatic rings. The Labute approximate surface area is 243 Å². The number of hydrogen-bond acceptors (Lipinski definition) is 6. The van der Waals surface area contributed by atoms with Crippen molar-refractivity contribution < 1.29 is 28.4 Å². The van der Waals surface area contributed by atoms with Crippen molar-refractivity contribution in [1.29, 1.82) is 0 Å². The Morgan fingerprint density at radius 3 is 1.35 bits per heavy atom. The highest BCUT2D eigenvalue weighted by atomic mass is 16.7. The molecule has 2 aromatic carbocycles. The molecule has 0 N–H and O–H groups in total. The molecule has 0 aromatic heterocycles. The lowest BCUT2D eigenvalue weighted by molar-refractivity contribution is -0.160. The number of benzene rings is 2. The second-order valence-electron chi connectivity index (χ2n) is 10.2. The Morgan fingerprint density at radius 1 is 0.525 bits per heavy atom. The topological polar surface area (TPSA) is 55.4 Å². The third-order valence-corrected chi connectivity index (χ3v) is 6.90. The van der Waals surface area contributed by atoms with Crippen LogP contribution in [0.1, 0.15) is 95.1 Å². The first kappa shape index (κ1) is 33.5. The predicted octanol–water partition coefficient (Wildman–Crippen LogP) is 9.04. The van der Waals surface area contributed by atoms with Crippen LogP contribution in [0.4, 0.5) is 0 Å². The minimum Gasteiger partial charge on any atom is -0.497 e. The third kappa shape index (κ3) is 14.1. The predicted molar refractivity (Wildman–Crippen MR) is 163 cm³/mol. The average molecular weight is 557 g/mol. The van der Waals surface area contributed by atoms with E-state index in [1.807, 2.05) is 36.4 Å². The third-order valence-electron chi connectivity index (χ3n) is 6.90. The van der Waals surface area contributed by atoms with E-state index in [4.69, 9.17) is 28.4 Å². The monoisotopic (exact) mass is 556 g/mol. The van der Waals surface area contributed by atoms with Gasteiger partial charge in [0.1, 0.15) is 23.0 Å². The van der Waals surface area contributed by atoms with Crippen molar-refractivity contribution >= 4 is 0 Å². The van der Waals surface area contributed by atoms with Crippen LogP contribution in [0.2, 0.25) is 0 Å². The first-order chi connectivity index (χ1) is 19.6. The van der Waals surface area contributed by atoms with Crippen LogP contribution in [-0.2, 0) is 22.7 Å². The highest BCUT2D eigenvalue weighted by Gasteiger charge is 2.13. The molecule has 0 fully saturated rings. The van der Waals surface area contributed by atoms with E-state index in [2.05, 4.69) is 19.1 Å². The molecular formula is C34H52O6. The van der Waals surface area contributed by atoms with E-state index in [1.165, 1.54) is 64.2 Å². The summed E-state index contributed by atoms with van der Waals surface area (Å²) in [6.07, 6.45) is 19.0. The van der Waals surface area contributed by atoms with Gasteiger partial charge in [-0.05, 0) is 67.5 Å². The number of hydrogen-bond donors (Lipinski definition) is 0. The van der Waals surface area contributed by atoms with Gasteiger partial charge in [0, 0.05) is 12.1 Å². The van der Waals surface area contributed by atoms with Crippen LogP contribution in [0.15, 0.2) is 48.6 Å². The summed E-state index contributed by atoms with van der Waals surface area (Å²) < 4.78 is 34.2. The molecule has 6 heteroatoms. The molecule has 0 unspecified atom stereocenters. The fourth-order valence-electron chi connectivity index (χ4n) is 4.51. The zero-order valence-corrected chi connectivity index (χ0v) is 25.5. The molecule has 2 rings (SSSR count). The SMILES string of the molecule is CCCCC=CCCCCCCCCCC(OCc1cc(OC)cc(OC)c1)OCc1cc(OC)cc(OC)c1. The molecule has 0 radical (unpaired) electrons. The summed E-state index contributed by atoms with van der Waals surface area (Å²) in [6, 6.07) is 11.6. The minimum absolute atomic E-state index is 0.325. The lowest BCUT2D eigenvalue weighted by Crippen LogP contribution is -2.17. The van der Waals surface area contributed by atoms with Crippen LogP contribution in [0, 0.1) is 0 Å². The molecule has 0 spiro atoms. The standard InChI is InChI=1S/C34H52O6/c1-6-7-8-9-10-11-12-13-14-15-16-17-18-19-34(39-26-28-20-30(35-2)24-31(21-28)36-3)40-27-29-22-32(37-4)25-33(23-29)38-5/h9-10,20-25,34H,6-8,11-19,26-27H2,1-5H3. The Bertz CT molecular complexity index is 853. The average Bonchev–Trinajstić information content (AvgIpc) is 2.99. The van der Waals surface area contributed by atoms with Gasteiger partial charge in [0.05, 0.1) is 41.7 Å². The molecular weight excluding hydrogens is 504 g/mol. The molecule has 0 atom stereocenters. The maximum absolute atomic E-state index is 6.27. The van der Waals surface area contributed by atoms with E-state index in [0.717, 1.165) is 47.0 Å². The van der Waals surface area contributed by atoms with Crippen molar-refractivity contribution in [2.24, 2.45) is 0 Å². The molecule has 0 heterocycles. The normalized spacial score (nSPS) is 11.3. The maximum atomic E-state index is 6.27. The minimum atomic E-state index is -0.325. The van der Waals surface area contributed by atoms with Gasteiger partial charge in [-0.2, -0.15) is 0 Å². The summed E-state index contributed by atoms with van der Waals surface area (Å²) in [5.41, 5.74) is 1.96. The molecule has 6 nitrogen and oxygen atoms in total. The largest absolute Gasteiger partial charge is 0.497 e. The molecule has 0 aliphatic carbocycles. The lowest BCUT2D eigenvalue weighted by Gasteiger charge is -2.20.